The van der Waals surface area contributed by atoms with Gasteiger partial charge in [-0.05, 0) is 32.9 Å². The molecule has 0 amide bonds. The van der Waals surface area contributed by atoms with Crippen LogP contribution in [0.4, 0.5) is 13.2 Å². The van der Waals surface area contributed by atoms with Crippen LogP contribution >= 0.6 is 23.5 Å². The third-order valence-electron chi connectivity index (χ3n) is 3.03. The lowest BCUT2D eigenvalue weighted by Crippen LogP contribution is -2.54. The van der Waals surface area contributed by atoms with Gasteiger partial charge in [-0.3, -0.25) is 4.72 Å². The van der Waals surface area contributed by atoms with Crippen LogP contribution in [0.25, 0.3) is 0 Å². The highest BCUT2D eigenvalue weighted by molar-refractivity contribution is 7.98. The van der Waals surface area contributed by atoms with E-state index in [9.17, 15) is 13.2 Å². The highest BCUT2D eigenvalue weighted by Gasteiger charge is 2.48. The second-order valence-electron chi connectivity index (χ2n) is 6.08. The normalized spacial score (nSPS) is 19.2. The van der Waals surface area contributed by atoms with E-state index in [0.717, 1.165) is 12.1 Å². The Morgan fingerprint density at radius 3 is 2.38 bits per heavy atom. The number of ether oxygens (including phenoxy) is 1. The summed E-state index contributed by atoms with van der Waals surface area (Å²) in [6.45, 7) is 5.49. The van der Waals surface area contributed by atoms with Crippen molar-refractivity contribution in [2.75, 3.05) is 13.2 Å². The Morgan fingerprint density at radius 1 is 1.29 bits per heavy atom. The number of hydrogen-bond donors (Lipinski definition) is 1. The maximum Gasteiger partial charge on any atom is 0.177 e. The maximum absolute atomic E-state index is 14.7. The molecule has 1 heterocycles. The average Bonchev–Trinajstić information content (AvgIpc) is 2.31. The van der Waals surface area contributed by atoms with Gasteiger partial charge in [-0.15, -0.1) is 0 Å². The molecule has 1 saturated heterocycles. The van der Waals surface area contributed by atoms with Crippen molar-refractivity contribution in [1.82, 2.24) is 4.72 Å². The molecule has 1 aliphatic rings. The van der Waals surface area contributed by atoms with Crippen LogP contribution in [0.3, 0.4) is 0 Å². The quantitative estimate of drug-likeness (QED) is 0.647. The molecule has 118 valence electrons. The fourth-order valence-corrected chi connectivity index (χ4v) is 2.87. The maximum atomic E-state index is 14.7. The molecule has 7 heteroatoms. The number of hydrogen-bond acceptors (Lipinski definition) is 3. The molecule has 1 aliphatic heterocycles. The SMILES string of the molecule is CC(C)(C)SNC(c1cc(F)c(Cl)cc1F)C1(F)COC1. The fourth-order valence-electron chi connectivity index (χ4n) is 1.91. The van der Waals surface area contributed by atoms with Crippen molar-refractivity contribution in [3.63, 3.8) is 0 Å². The Morgan fingerprint density at radius 2 is 1.90 bits per heavy atom. The Bertz CT molecular complexity index is 532. The van der Waals surface area contributed by atoms with Crippen LogP contribution in [-0.2, 0) is 4.74 Å². The molecular weight excluding hydrogens is 323 g/mol. The molecule has 0 aromatic heterocycles. The molecule has 1 unspecified atom stereocenters. The molecule has 21 heavy (non-hydrogen) atoms. The zero-order valence-electron chi connectivity index (χ0n) is 12.0. The van der Waals surface area contributed by atoms with Gasteiger partial charge in [-0.1, -0.05) is 23.5 Å². The van der Waals surface area contributed by atoms with Gasteiger partial charge < -0.3 is 4.74 Å². The van der Waals surface area contributed by atoms with Gasteiger partial charge in [0.2, 0.25) is 0 Å². The summed E-state index contributed by atoms with van der Waals surface area (Å²) in [4.78, 5) is 0. The van der Waals surface area contributed by atoms with Crippen LogP contribution < -0.4 is 4.72 Å². The first-order chi connectivity index (χ1) is 9.62. The van der Waals surface area contributed by atoms with Crippen molar-refractivity contribution in [3.8, 4) is 0 Å². The first kappa shape index (κ1) is 16.9. The minimum atomic E-state index is -1.76. The van der Waals surface area contributed by atoms with Crippen LogP contribution in [0, 0.1) is 11.6 Å². The topological polar surface area (TPSA) is 21.3 Å². The molecule has 1 atom stereocenters. The van der Waals surface area contributed by atoms with Crippen LogP contribution in [0.2, 0.25) is 5.02 Å². The Balaban J connectivity index is 2.33. The lowest BCUT2D eigenvalue weighted by Gasteiger charge is -2.41. The summed E-state index contributed by atoms with van der Waals surface area (Å²) in [5, 5.41) is -0.323. The second kappa shape index (κ2) is 5.99. The predicted octanol–water partition coefficient (Wildman–Crippen LogP) is 4.43. The van der Waals surface area contributed by atoms with E-state index in [1.807, 2.05) is 20.8 Å². The zero-order chi connectivity index (χ0) is 15.8. The van der Waals surface area contributed by atoms with Crippen molar-refractivity contribution in [3.05, 3.63) is 34.4 Å². The van der Waals surface area contributed by atoms with Crippen molar-refractivity contribution < 1.29 is 17.9 Å². The highest BCUT2D eigenvalue weighted by Crippen LogP contribution is 2.40. The molecule has 0 radical (unpaired) electrons. The second-order valence-corrected chi connectivity index (χ2v) is 8.15. The molecular formula is C14H17ClF3NOS. The van der Waals surface area contributed by atoms with E-state index in [2.05, 4.69) is 4.72 Å². The van der Waals surface area contributed by atoms with E-state index in [0.29, 0.717) is 0 Å². The van der Waals surface area contributed by atoms with Gasteiger partial charge in [0, 0.05) is 10.3 Å². The van der Waals surface area contributed by atoms with Gasteiger partial charge in [-0.25, -0.2) is 13.2 Å². The lowest BCUT2D eigenvalue weighted by molar-refractivity contribution is -0.145. The molecule has 1 aromatic rings. The summed E-state index contributed by atoms with van der Waals surface area (Å²) in [6.07, 6.45) is 0. The van der Waals surface area contributed by atoms with E-state index in [1.54, 1.807) is 0 Å². The summed E-state index contributed by atoms with van der Waals surface area (Å²) < 4.78 is 50.0. The molecule has 1 N–H and O–H groups in total. The lowest BCUT2D eigenvalue weighted by atomic mass is 9.89. The predicted molar refractivity (Wildman–Crippen MR) is 79.2 cm³/mol. The van der Waals surface area contributed by atoms with E-state index in [1.165, 1.54) is 11.9 Å². The Hall–Kier alpha value is -0.430. The molecule has 2 rings (SSSR count). The zero-order valence-corrected chi connectivity index (χ0v) is 13.5. The third kappa shape index (κ3) is 3.86. The van der Waals surface area contributed by atoms with E-state index in [4.69, 9.17) is 16.3 Å². The van der Waals surface area contributed by atoms with Crippen molar-refractivity contribution >= 4 is 23.5 Å². The summed E-state index contributed by atoms with van der Waals surface area (Å²) in [5.41, 5.74) is -1.85. The standard InChI is InChI=1S/C14H17ClF3NOS/c1-13(2,3)21-19-12(14(18)6-20-7-14)8-4-11(17)9(15)5-10(8)16/h4-5,12,19H,6-7H2,1-3H3. The van der Waals surface area contributed by atoms with Crippen LogP contribution in [0.15, 0.2) is 12.1 Å². The average molecular weight is 340 g/mol. The molecule has 2 nitrogen and oxygen atoms in total. The molecule has 0 spiro atoms. The minimum absolute atomic E-state index is 0.0838. The first-order valence-electron chi connectivity index (χ1n) is 6.47. The van der Waals surface area contributed by atoms with Gasteiger partial charge >= 0.3 is 0 Å². The minimum Gasteiger partial charge on any atom is -0.374 e. The summed E-state index contributed by atoms with van der Waals surface area (Å²) in [6, 6.07) is 0.797. The number of alkyl halides is 1. The third-order valence-corrected chi connectivity index (χ3v) is 4.29. The smallest absolute Gasteiger partial charge is 0.177 e. The number of nitrogens with one attached hydrogen (secondary N) is 1. The molecule has 1 fully saturated rings. The van der Waals surface area contributed by atoms with Crippen molar-refractivity contribution in [2.24, 2.45) is 0 Å². The van der Waals surface area contributed by atoms with Crippen LogP contribution in [-0.4, -0.2) is 23.6 Å². The number of benzene rings is 1. The molecule has 0 aliphatic carbocycles. The van der Waals surface area contributed by atoms with Gasteiger partial charge in [0.1, 0.15) is 11.6 Å². The van der Waals surface area contributed by atoms with Crippen molar-refractivity contribution in [2.45, 2.75) is 37.2 Å². The van der Waals surface area contributed by atoms with E-state index < -0.39 is 23.3 Å². The Kier molecular flexibility index (Phi) is 4.83. The summed E-state index contributed by atoms with van der Waals surface area (Å²) in [5.74, 6) is -1.51. The van der Waals surface area contributed by atoms with Gasteiger partial charge in [0.05, 0.1) is 24.3 Å². The van der Waals surface area contributed by atoms with Gasteiger partial charge in [0.25, 0.3) is 0 Å². The largest absolute Gasteiger partial charge is 0.374 e. The van der Waals surface area contributed by atoms with E-state index >= 15 is 0 Å². The molecule has 0 bridgehead atoms. The van der Waals surface area contributed by atoms with Crippen LogP contribution in [0.5, 0.6) is 0 Å². The molecule has 0 saturated carbocycles. The fraction of sp³-hybridized carbons (Fsp3) is 0.571. The highest BCUT2D eigenvalue weighted by atomic mass is 35.5. The van der Waals surface area contributed by atoms with Gasteiger partial charge in [0.15, 0.2) is 5.67 Å². The van der Waals surface area contributed by atoms with E-state index in [-0.39, 0.29) is 28.5 Å². The van der Waals surface area contributed by atoms with Crippen LogP contribution in [0.1, 0.15) is 32.4 Å². The molecule has 1 aromatic carbocycles. The first-order valence-corrected chi connectivity index (χ1v) is 7.66. The monoisotopic (exact) mass is 339 g/mol. The summed E-state index contributed by atoms with van der Waals surface area (Å²) >= 11 is 6.81. The van der Waals surface area contributed by atoms with Gasteiger partial charge in [-0.2, -0.15) is 0 Å². The number of halogens is 4. The van der Waals surface area contributed by atoms with Crippen molar-refractivity contribution in [1.29, 1.82) is 0 Å². The Labute approximate surface area is 131 Å². The summed E-state index contributed by atoms with van der Waals surface area (Å²) in [7, 11) is 0. The number of rotatable bonds is 4.